The lowest BCUT2D eigenvalue weighted by Gasteiger charge is -2.28. The first kappa shape index (κ1) is 13.9. The first-order valence-electron chi connectivity index (χ1n) is 6.83. The minimum absolute atomic E-state index is 0.0544. The summed E-state index contributed by atoms with van der Waals surface area (Å²) in [5.41, 5.74) is 7.12. The van der Waals surface area contributed by atoms with Gasteiger partial charge in [-0.05, 0) is 37.5 Å². The van der Waals surface area contributed by atoms with E-state index in [1.807, 2.05) is 24.8 Å². The van der Waals surface area contributed by atoms with E-state index in [2.05, 4.69) is 0 Å². The van der Waals surface area contributed by atoms with Gasteiger partial charge in [-0.25, -0.2) is 4.39 Å². The highest BCUT2D eigenvalue weighted by molar-refractivity contribution is 8.00. The summed E-state index contributed by atoms with van der Waals surface area (Å²) in [6.07, 6.45) is 6.57. The predicted molar refractivity (Wildman–Crippen MR) is 77.3 cm³/mol. The average Bonchev–Trinajstić information content (AvgIpc) is 2.37. The molecule has 1 aromatic carbocycles. The number of thioether (sulfide) groups is 1. The molecule has 0 amide bonds. The Kier molecular flexibility index (Phi) is 5.07. The van der Waals surface area contributed by atoms with Crippen LogP contribution in [0.25, 0.3) is 0 Å². The zero-order valence-corrected chi connectivity index (χ0v) is 11.8. The van der Waals surface area contributed by atoms with Crippen LogP contribution in [-0.2, 0) is 0 Å². The minimum atomic E-state index is -0.164. The Bertz CT molecular complexity index is 375. The second kappa shape index (κ2) is 6.58. The highest BCUT2D eigenvalue weighted by Crippen LogP contribution is 2.40. The molecule has 2 unspecified atom stereocenters. The smallest absolute Gasteiger partial charge is 0.123 e. The fraction of sp³-hybridized carbons (Fsp3) is 0.600. The van der Waals surface area contributed by atoms with Crippen molar-refractivity contribution in [2.45, 2.75) is 55.6 Å². The van der Waals surface area contributed by atoms with Crippen molar-refractivity contribution >= 4 is 11.8 Å². The fourth-order valence-electron chi connectivity index (χ4n) is 2.60. The summed E-state index contributed by atoms with van der Waals surface area (Å²) < 4.78 is 13.3. The molecule has 0 aliphatic heterocycles. The third-order valence-electron chi connectivity index (χ3n) is 3.55. The topological polar surface area (TPSA) is 26.0 Å². The molecule has 0 saturated heterocycles. The molecule has 0 bridgehead atoms. The van der Waals surface area contributed by atoms with Crippen LogP contribution < -0.4 is 5.73 Å². The normalized spacial score (nSPS) is 20.6. The molecule has 1 aliphatic rings. The van der Waals surface area contributed by atoms with Gasteiger partial charge in [0.1, 0.15) is 5.82 Å². The molecule has 2 rings (SSSR count). The molecule has 1 aliphatic carbocycles. The summed E-state index contributed by atoms with van der Waals surface area (Å²) in [5, 5.41) is 0.904. The molecule has 0 heterocycles. The van der Waals surface area contributed by atoms with Crippen molar-refractivity contribution in [2.75, 3.05) is 0 Å². The van der Waals surface area contributed by atoms with Crippen LogP contribution in [0.3, 0.4) is 0 Å². The van der Waals surface area contributed by atoms with Crippen LogP contribution in [0, 0.1) is 5.82 Å². The van der Waals surface area contributed by atoms with Crippen LogP contribution in [-0.4, -0.2) is 11.3 Å². The van der Waals surface area contributed by atoms with E-state index in [1.54, 1.807) is 12.1 Å². The van der Waals surface area contributed by atoms with Gasteiger partial charge in [0.05, 0.1) is 0 Å². The van der Waals surface area contributed by atoms with Gasteiger partial charge < -0.3 is 5.73 Å². The van der Waals surface area contributed by atoms with E-state index in [-0.39, 0.29) is 17.1 Å². The zero-order chi connectivity index (χ0) is 13.0. The van der Waals surface area contributed by atoms with Gasteiger partial charge in [0.2, 0.25) is 0 Å². The van der Waals surface area contributed by atoms with Crippen molar-refractivity contribution in [3.8, 4) is 0 Å². The monoisotopic (exact) mass is 267 g/mol. The van der Waals surface area contributed by atoms with Gasteiger partial charge in [0.25, 0.3) is 0 Å². The Morgan fingerprint density at radius 1 is 1.28 bits per heavy atom. The molecular weight excluding hydrogens is 245 g/mol. The summed E-state index contributed by atoms with van der Waals surface area (Å²) in [5.74, 6) is -0.164. The van der Waals surface area contributed by atoms with Gasteiger partial charge in [0.15, 0.2) is 0 Å². The van der Waals surface area contributed by atoms with Gasteiger partial charge in [-0.2, -0.15) is 0 Å². The van der Waals surface area contributed by atoms with E-state index in [1.165, 1.54) is 38.2 Å². The molecule has 0 radical (unpaired) electrons. The Hall–Kier alpha value is -0.540. The third-order valence-corrected chi connectivity index (χ3v) is 5.40. The standard InChI is InChI=1S/C15H22FNS/c1-11(17)15(12-6-5-7-13(16)10-12)18-14-8-3-2-4-9-14/h5-7,10-11,14-15H,2-4,8-9,17H2,1H3. The van der Waals surface area contributed by atoms with E-state index in [0.29, 0.717) is 5.25 Å². The lowest BCUT2D eigenvalue weighted by molar-refractivity contribution is 0.513. The van der Waals surface area contributed by atoms with Gasteiger partial charge >= 0.3 is 0 Å². The average molecular weight is 267 g/mol. The van der Waals surface area contributed by atoms with Crippen molar-refractivity contribution < 1.29 is 4.39 Å². The second-order valence-corrected chi connectivity index (χ2v) is 6.68. The summed E-state index contributed by atoms with van der Waals surface area (Å²) in [6, 6.07) is 6.95. The maximum atomic E-state index is 13.3. The summed E-state index contributed by atoms with van der Waals surface area (Å²) in [4.78, 5) is 0. The molecule has 1 aromatic rings. The SMILES string of the molecule is CC(N)C(SC1CCCCC1)c1cccc(F)c1. The van der Waals surface area contributed by atoms with Crippen LogP contribution in [0.2, 0.25) is 0 Å². The van der Waals surface area contributed by atoms with Crippen molar-refractivity contribution in [1.29, 1.82) is 0 Å². The summed E-state index contributed by atoms with van der Waals surface area (Å²) in [7, 11) is 0. The van der Waals surface area contributed by atoms with Crippen LogP contribution in [0.5, 0.6) is 0 Å². The van der Waals surface area contributed by atoms with E-state index in [0.717, 1.165) is 5.56 Å². The largest absolute Gasteiger partial charge is 0.327 e. The van der Waals surface area contributed by atoms with E-state index in [9.17, 15) is 4.39 Å². The van der Waals surface area contributed by atoms with Gasteiger partial charge in [-0.15, -0.1) is 11.8 Å². The molecule has 2 atom stereocenters. The molecule has 18 heavy (non-hydrogen) atoms. The molecule has 0 aromatic heterocycles. The van der Waals surface area contributed by atoms with Crippen LogP contribution >= 0.6 is 11.8 Å². The molecule has 1 saturated carbocycles. The first-order chi connectivity index (χ1) is 8.66. The van der Waals surface area contributed by atoms with Gasteiger partial charge in [-0.3, -0.25) is 0 Å². The first-order valence-corrected chi connectivity index (χ1v) is 7.77. The number of hydrogen-bond acceptors (Lipinski definition) is 2. The fourth-order valence-corrected chi connectivity index (χ4v) is 4.17. The van der Waals surface area contributed by atoms with Crippen LogP contribution in [0.15, 0.2) is 24.3 Å². The lowest BCUT2D eigenvalue weighted by atomic mass is 10.0. The number of nitrogens with two attached hydrogens (primary N) is 1. The molecular formula is C15H22FNS. The predicted octanol–water partition coefficient (Wildman–Crippen LogP) is 4.28. The van der Waals surface area contributed by atoms with Crippen LogP contribution in [0.1, 0.15) is 49.8 Å². The number of hydrogen-bond donors (Lipinski definition) is 1. The van der Waals surface area contributed by atoms with E-state index >= 15 is 0 Å². The Morgan fingerprint density at radius 2 is 2.00 bits per heavy atom. The number of benzene rings is 1. The highest BCUT2D eigenvalue weighted by Gasteiger charge is 2.23. The molecule has 100 valence electrons. The maximum Gasteiger partial charge on any atom is 0.123 e. The Labute approximate surface area is 113 Å². The summed E-state index contributed by atoms with van der Waals surface area (Å²) in [6.45, 7) is 2.02. The third kappa shape index (κ3) is 3.72. The van der Waals surface area contributed by atoms with Crippen molar-refractivity contribution in [2.24, 2.45) is 5.73 Å². The quantitative estimate of drug-likeness (QED) is 0.881. The lowest BCUT2D eigenvalue weighted by Crippen LogP contribution is -2.25. The van der Waals surface area contributed by atoms with E-state index < -0.39 is 0 Å². The van der Waals surface area contributed by atoms with Crippen molar-refractivity contribution in [1.82, 2.24) is 0 Å². The Morgan fingerprint density at radius 3 is 2.61 bits per heavy atom. The molecule has 0 spiro atoms. The maximum absolute atomic E-state index is 13.3. The molecule has 2 N–H and O–H groups in total. The van der Waals surface area contributed by atoms with Gasteiger partial charge in [0, 0.05) is 16.5 Å². The Balaban J connectivity index is 2.07. The van der Waals surface area contributed by atoms with E-state index in [4.69, 9.17) is 5.73 Å². The van der Waals surface area contributed by atoms with Crippen molar-refractivity contribution in [3.63, 3.8) is 0 Å². The van der Waals surface area contributed by atoms with Crippen LogP contribution in [0.4, 0.5) is 4.39 Å². The number of halogens is 1. The highest BCUT2D eigenvalue weighted by atomic mass is 32.2. The van der Waals surface area contributed by atoms with Gasteiger partial charge in [-0.1, -0.05) is 31.4 Å². The molecule has 1 nitrogen and oxygen atoms in total. The zero-order valence-electron chi connectivity index (χ0n) is 10.9. The van der Waals surface area contributed by atoms with Crippen molar-refractivity contribution in [3.05, 3.63) is 35.6 Å². The second-order valence-electron chi connectivity index (χ2n) is 5.23. The molecule has 3 heteroatoms. The minimum Gasteiger partial charge on any atom is -0.327 e. The molecule has 1 fully saturated rings. The summed E-state index contributed by atoms with van der Waals surface area (Å²) >= 11 is 1.94. The number of rotatable bonds is 4.